The largest absolute Gasteiger partial charge is 0.477 e. The Morgan fingerprint density at radius 3 is 2.89 bits per heavy atom. The van der Waals surface area contributed by atoms with Crippen LogP contribution in [-0.2, 0) is 0 Å². The maximum absolute atomic E-state index is 10.8. The van der Waals surface area contributed by atoms with Crippen LogP contribution in [0, 0.1) is 0 Å². The molecule has 0 spiro atoms. The number of rotatable bonds is 3. The Balaban J connectivity index is 2.19. The first-order chi connectivity index (χ1) is 8.72. The van der Waals surface area contributed by atoms with E-state index in [-0.39, 0.29) is 5.69 Å². The summed E-state index contributed by atoms with van der Waals surface area (Å²) in [5.41, 5.74) is 1.16. The molecule has 1 aromatic heterocycles. The molecule has 1 fully saturated rings. The first-order valence-electron chi connectivity index (χ1n) is 6.68. The van der Waals surface area contributed by atoms with E-state index in [9.17, 15) is 4.79 Å². The molecule has 1 aliphatic heterocycles. The van der Waals surface area contributed by atoms with Crippen molar-refractivity contribution in [1.29, 1.82) is 0 Å². The van der Waals surface area contributed by atoms with Crippen LogP contribution >= 0.6 is 0 Å². The van der Waals surface area contributed by atoms with E-state index in [1.165, 1.54) is 25.7 Å². The van der Waals surface area contributed by atoms with E-state index in [0.717, 1.165) is 18.7 Å². The van der Waals surface area contributed by atoms with Crippen LogP contribution in [0.15, 0.2) is 18.3 Å². The van der Waals surface area contributed by atoms with Gasteiger partial charge in [-0.3, -0.25) is 0 Å². The maximum Gasteiger partial charge on any atom is 0.354 e. The number of nitrogens with zero attached hydrogens (tertiary/aromatic N) is 2. The zero-order valence-electron chi connectivity index (χ0n) is 10.8. The van der Waals surface area contributed by atoms with Gasteiger partial charge in [-0.05, 0) is 31.4 Å². The maximum atomic E-state index is 10.8. The second-order valence-electron chi connectivity index (χ2n) is 4.81. The molecule has 0 radical (unpaired) electrons. The minimum absolute atomic E-state index is 0.113. The van der Waals surface area contributed by atoms with E-state index < -0.39 is 5.97 Å². The Morgan fingerprint density at radius 1 is 1.44 bits per heavy atom. The van der Waals surface area contributed by atoms with Gasteiger partial charge in [0, 0.05) is 12.6 Å². The Labute approximate surface area is 108 Å². The van der Waals surface area contributed by atoms with Crippen LogP contribution in [0.5, 0.6) is 0 Å². The molecule has 1 saturated heterocycles. The molecule has 1 atom stereocenters. The normalized spacial score (nSPS) is 20.5. The third kappa shape index (κ3) is 2.81. The average Bonchev–Trinajstić information content (AvgIpc) is 2.63. The van der Waals surface area contributed by atoms with Gasteiger partial charge in [-0.15, -0.1) is 0 Å². The highest BCUT2D eigenvalue weighted by Gasteiger charge is 2.20. The molecule has 0 aliphatic carbocycles. The summed E-state index contributed by atoms with van der Waals surface area (Å²) in [6.07, 6.45) is 7.82. The number of hydrogen-bond acceptors (Lipinski definition) is 3. The fourth-order valence-electron chi connectivity index (χ4n) is 2.62. The highest BCUT2D eigenvalue weighted by atomic mass is 16.4. The second kappa shape index (κ2) is 5.85. The number of carbonyl (C=O) groups is 1. The predicted octanol–water partition coefficient (Wildman–Crippen LogP) is 2.94. The number of pyridine rings is 1. The van der Waals surface area contributed by atoms with Gasteiger partial charge in [0.25, 0.3) is 0 Å². The Bertz CT molecular complexity index is 403. The highest BCUT2D eigenvalue weighted by molar-refractivity contribution is 5.85. The van der Waals surface area contributed by atoms with Gasteiger partial charge in [-0.2, -0.15) is 0 Å². The standard InChI is InChI=1S/C14H20N2O2/c1-2-11-6-4-3-5-9-16(11)12-7-8-13(14(17)18)15-10-12/h7-8,10-11H,2-6,9H2,1H3,(H,17,18). The molecule has 98 valence electrons. The van der Waals surface area contributed by atoms with Crippen LogP contribution in [0.2, 0.25) is 0 Å². The Kier molecular flexibility index (Phi) is 4.18. The SMILES string of the molecule is CCC1CCCCCN1c1ccc(C(=O)O)nc1. The summed E-state index contributed by atoms with van der Waals surface area (Å²) < 4.78 is 0. The minimum atomic E-state index is -0.968. The van der Waals surface area contributed by atoms with Crippen molar-refractivity contribution in [3.8, 4) is 0 Å². The molecule has 1 aliphatic rings. The Hall–Kier alpha value is -1.58. The lowest BCUT2D eigenvalue weighted by Crippen LogP contribution is -2.34. The van der Waals surface area contributed by atoms with Crippen LogP contribution in [0.3, 0.4) is 0 Å². The number of aromatic nitrogens is 1. The monoisotopic (exact) mass is 248 g/mol. The van der Waals surface area contributed by atoms with Gasteiger partial charge in [-0.1, -0.05) is 19.8 Å². The summed E-state index contributed by atoms with van der Waals surface area (Å²) in [5.74, 6) is -0.968. The molecule has 0 aromatic carbocycles. The number of aromatic carboxylic acids is 1. The molecular weight excluding hydrogens is 228 g/mol. The summed E-state index contributed by atoms with van der Waals surface area (Å²) in [5, 5.41) is 8.85. The summed E-state index contributed by atoms with van der Waals surface area (Å²) in [6, 6.07) is 4.03. The molecule has 2 rings (SSSR count). The van der Waals surface area contributed by atoms with Crippen LogP contribution < -0.4 is 4.90 Å². The molecule has 4 nitrogen and oxygen atoms in total. The third-order valence-corrected chi connectivity index (χ3v) is 3.65. The van der Waals surface area contributed by atoms with E-state index in [2.05, 4.69) is 16.8 Å². The van der Waals surface area contributed by atoms with Crippen molar-refractivity contribution in [3.05, 3.63) is 24.0 Å². The smallest absolute Gasteiger partial charge is 0.354 e. The summed E-state index contributed by atoms with van der Waals surface area (Å²) >= 11 is 0. The Morgan fingerprint density at radius 2 is 2.28 bits per heavy atom. The fraction of sp³-hybridized carbons (Fsp3) is 0.571. The van der Waals surface area contributed by atoms with Gasteiger partial charge in [0.1, 0.15) is 5.69 Å². The number of anilines is 1. The molecule has 18 heavy (non-hydrogen) atoms. The number of carboxylic acids is 1. The molecule has 2 heterocycles. The molecule has 1 unspecified atom stereocenters. The lowest BCUT2D eigenvalue weighted by atomic mass is 10.1. The quantitative estimate of drug-likeness (QED) is 0.893. The molecule has 0 bridgehead atoms. The highest BCUT2D eigenvalue weighted by Crippen LogP contribution is 2.25. The summed E-state index contributed by atoms with van der Waals surface area (Å²) in [4.78, 5) is 17.2. The lowest BCUT2D eigenvalue weighted by molar-refractivity contribution is 0.0690. The molecule has 0 amide bonds. The van der Waals surface area contributed by atoms with Crippen molar-refractivity contribution < 1.29 is 9.90 Å². The number of carboxylic acid groups (broad SMARTS) is 1. The molecule has 0 saturated carbocycles. The van der Waals surface area contributed by atoms with Crippen LogP contribution in [0.1, 0.15) is 49.5 Å². The van der Waals surface area contributed by atoms with E-state index in [4.69, 9.17) is 5.11 Å². The van der Waals surface area contributed by atoms with Crippen LogP contribution in [0.25, 0.3) is 0 Å². The lowest BCUT2D eigenvalue weighted by Gasteiger charge is -2.31. The van der Waals surface area contributed by atoms with Crippen molar-refractivity contribution in [2.45, 2.75) is 45.1 Å². The molecule has 1 N–H and O–H groups in total. The van der Waals surface area contributed by atoms with Crippen molar-refractivity contribution in [3.63, 3.8) is 0 Å². The summed E-state index contributed by atoms with van der Waals surface area (Å²) in [6.45, 7) is 3.26. The molecule has 4 heteroatoms. The van der Waals surface area contributed by atoms with Crippen molar-refractivity contribution in [2.24, 2.45) is 0 Å². The van der Waals surface area contributed by atoms with Gasteiger partial charge in [0.2, 0.25) is 0 Å². The third-order valence-electron chi connectivity index (χ3n) is 3.65. The molecule has 1 aromatic rings. The van der Waals surface area contributed by atoms with Gasteiger partial charge >= 0.3 is 5.97 Å². The van der Waals surface area contributed by atoms with Crippen LogP contribution in [0.4, 0.5) is 5.69 Å². The predicted molar refractivity (Wildman–Crippen MR) is 71.1 cm³/mol. The van der Waals surface area contributed by atoms with Crippen molar-refractivity contribution in [1.82, 2.24) is 4.98 Å². The molecular formula is C14H20N2O2. The van der Waals surface area contributed by atoms with Crippen LogP contribution in [-0.4, -0.2) is 28.6 Å². The summed E-state index contributed by atoms with van der Waals surface area (Å²) in [7, 11) is 0. The average molecular weight is 248 g/mol. The first-order valence-corrected chi connectivity index (χ1v) is 6.68. The van der Waals surface area contributed by atoms with E-state index in [1.54, 1.807) is 12.3 Å². The minimum Gasteiger partial charge on any atom is -0.477 e. The van der Waals surface area contributed by atoms with E-state index in [0.29, 0.717) is 6.04 Å². The van der Waals surface area contributed by atoms with Gasteiger partial charge < -0.3 is 10.0 Å². The van der Waals surface area contributed by atoms with Crippen molar-refractivity contribution >= 4 is 11.7 Å². The van der Waals surface area contributed by atoms with E-state index in [1.807, 2.05) is 6.07 Å². The van der Waals surface area contributed by atoms with Gasteiger partial charge in [0.15, 0.2) is 0 Å². The fourth-order valence-corrected chi connectivity index (χ4v) is 2.62. The zero-order valence-corrected chi connectivity index (χ0v) is 10.8. The van der Waals surface area contributed by atoms with E-state index >= 15 is 0 Å². The van der Waals surface area contributed by atoms with Gasteiger partial charge in [-0.25, -0.2) is 9.78 Å². The topological polar surface area (TPSA) is 53.4 Å². The number of hydrogen-bond donors (Lipinski definition) is 1. The van der Waals surface area contributed by atoms with Gasteiger partial charge in [0.05, 0.1) is 11.9 Å². The first kappa shape index (κ1) is 12.9. The van der Waals surface area contributed by atoms with Crippen molar-refractivity contribution in [2.75, 3.05) is 11.4 Å². The zero-order chi connectivity index (χ0) is 13.0. The second-order valence-corrected chi connectivity index (χ2v) is 4.81.